The molecule has 2 aromatic rings. The number of carbonyl (C=O) groups is 2. The zero-order valence-electron chi connectivity index (χ0n) is 17.5. The van der Waals surface area contributed by atoms with Crippen molar-refractivity contribution in [3.05, 3.63) is 29.5 Å². The van der Waals surface area contributed by atoms with E-state index < -0.39 is 5.97 Å². The number of aromatic nitrogens is 2. The molecule has 2 aliphatic rings. The summed E-state index contributed by atoms with van der Waals surface area (Å²) < 4.78 is 5.69. The highest BCUT2D eigenvalue weighted by molar-refractivity contribution is 6.04. The van der Waals surface area contributed by atoms with E-state index in [9.17, 15) is 14.7 Å². The number of hydrogen-bond acceptors (Lipinski definition) is 7. The summed E-state index contributed by atoms with van der Waals surface area (Å²) >= 11 is 0. The van der Waals surface area contributed by atoms with E-state index >= 15 is 0 Å². The number of benzene rings is 1. The molecule has 1 atom stereocenters. The highest BCUT2D eigenvalue weighted by Gasteiger charge is 2.38. The molecule has 0 saturated carbocycles. The van der Waals surface area contributed by atoms with Crippen LogP contribution in [0.5, 0.6) is 5.75 Å². The molecule has 2 N–H and O–H groups in total. The summed E-state index contributed by atoms with van der Waals surface area (Å²) in [6.07, 6.45) is 2.85. The van der Waals surface area contributed by atoms with E-state index in [4.69, 9.17) is 9.72 Å². The molecule has 158 valence electrons. The number of amides is 1. The minimum absolute atomic E-state index is 0.0264. The van der Waals surface area contributed by atoms with Crippen molar-refractivity contribution < 1.29 is 19.4 Å². The second-order valence-corrected chi connectivity index (χ2v) is 7.72. The Morgan fingerprint density at radius 3 is 2.83 bits per heavy atom. The number of nitrogens with one attached hydrogen (secondary N) is 1. The molecule has 4 rings (SSSR count). The maximum absolute atomic E-state index is 12.8. The maximum atomic E-state index is 12.8. The van der Waals surface area contributed by atoms with Gasteiger partial charge in [0.25, 0.3) is 0 Å². The molecular formula is C21H25N5O4. The fourth-order valence-electron chi connectivity index (χ4n) is 4.15. The van der Waals surface area contributed by atoms with Crippen molar-refractivity contribution in [1.82, 2.24) is 9.97 Å². The minimum Gasteiger partial charge on any atom is -0.491 e. The van der Waals surface area contributed by atoms with Gasteiger partial charge in [-0.05, 0) is 32.4 Å². The predicted octanol–water partition coefficient (Wildman–Crippen LogP) is 2.82. The first-order chi connectivity index (χ1) is 14.3. The molecule has 1 aromatic heterocycles. The summed E-state index contributed by atoms with van der Waals surface area (Å²) in [6, 6.07) is 3.03. The van der Waals surface area contributed by atoms with Gasteiger partial charge in [0.15, 0.2) is 5.82 Å². The number of likely N-dealkylation sites (N-methyl/N-ethyl adjacent to an activating group) is 1. The maximum Gasteiger partial charge on any atom is 0.336 e. The van der Waals surface area contributed by atoms with Gasteiger partial charge >= 0.3 is 5.97 Å². The Balaban J connectivity index is 1.74. The number of aromatic carboxylic acids is 1. The van der Waals surface area contributed by atoms with Crippen molar-refractivity contribution in [2.75, 3.05) is 28.8 Å². The largest absolute Gasteiger partial charge is 0.491 e. The van der Waals surface area contributed by atoms with Crippen LogP contribution in [0, 0.1) is 0 Å². The normalized spacial score (nSPS) is 17.6. The Hall–Kier alpha value is -3.36. The van der Waals surface area contributed by atoms with Crippen LogP contribution in [0.15, 0.2) is 18.3 Å². The van der Waals surface area contributed by atoms with Crippen LogP contribution in [-0.2, 0) is 11.2 Å². The van der Waals surface area contributed by atoms with Gasteiger partial charge in [0.1, 0.15) is 17.5 Å². The lowest BCUT2D eigenvalue weighted by atomic mass is 10.0. The van der Waals surface area contributed by atoms with Crippen LogP contribution in [0.2, 0.25) is 0 Å². The fourth-order valence-corrected chi connectivity index (χ4v) is 4.15. The van der Waals surface area contributed by atoms with Crippen molar-refractivity contribution in [2.24, 2.45) is 0 Å². The monoisotopic (exact) mass is 411 g/mol. The van der Waals surface area contributed by atoms with Gasteiger partial charge in [0, 0.05) is 25.1 Å². The Morgan fingerprint density at radius 2 is 2.17 bits per heavy atom. The molecule has 0 spiro atoms. The standard InChI is InChI=1S/C21H25N5O4/c1-5-15-19(27)25(4)16-10-22-21(24-18(16)26(15)11(2)3)23-14-7-6-13(20(28)29)12-8-9-30-17(12)14/h6-7,10-11,15H,5,8-9H2,1-4H3,(H,28,29)(H,22,23,24)/t15-/m0/s1. The molecule has 30 heavy (non-hydrogen) atoms. The van der Waals surface area contributed by atoms with E-state index in [0.717, 1.165) is 0 Å². The van der Waals surface area contributed by atoms with E-state index in [0.29, 0.717) is 53.9 Å². The molecule has 1 aromatic carbocycles. The lowest BCUT2D eigenvalue weighted by molar-refractivity contribution is -0.120. The first kappa shape index (κ1) is 19.9. The molecule has 0 radical (unpaired) electrons. The number of fused-ring (bicyclic) bond motifs is 2. The van der Waals surface area contributed by atoms with Gasteiger partial charge in [0.2, 0.25) is 11.9 Å². The van der Waals surface area contributed by atoms with Crippen LogP contribution in [0.3, 0.4) is 0 Å². The fraction of sp³-hybridized carbons (Fsp3) is 0.429. The molecule has 2 aliphatic heterocycles. The van der Waals surface area contributed by atoms with E-state index in [1.54, 1.807) is 30.3 Å². The van der Waals surface area contributed by atoms with Crippen molar-refractivity contribution in [1.29, 1.82) is 0 Å². The predicted molar refractivity (Wildman–Crippen MR) is 113 cm³/mol. The summed E-state index contributed by atoms with van der Waals surface area (Å²) in [7, 11) is 1.74. The molecule has 0 saturated heterocycles. The van der Waals surface area contributed by atoms with E-state index in [2.05, 4.69) is 10.3 Å². The third kappa shape index (κ3) is 3.10. The van der Waals surface area contributed by atoms with Gasteiger partial charge in [-0.25, -0.2) is 9.78 Å². The van der Waals surface area contributed by atoms with Gasteiger partial charge in [-0.1, -0.05) is 6.92 Å². The van der Waals surface area contributed by atoms with Crippen LogP contribution in [0.4, 0.5) is 23.1 Å². The van der Waals surface area contributed by atoms with Gasteiger partial charge in [0.05, 0.1) is 24.1 Å². The SMILES string of the molecule is CC[C@H]1C(=O)N(C)c2cnc(Nc3ccc(C(=O)O)c4c3OCC4)nc2N1C(C)C. The smallest absolute Gasteiger partial charge is 0.336 e. The zero-order valence-corrected chi connectivity index (χ0v) is 17.5. The average Bonchev–Trinajstić information content (AvgIpc) is 3.20. The summed E-state index contributed by atoms with van der Waals surface area (Å²) in [4.78, 5) is 37.0. The zero-order chi connectivity index (χ0) is 21.6. The highest BCUT2D eigenvalue weighted by Crippen LogP contribution is 2.39. The lowest BCUT2D eigenvalue weighted by Gasteiger charge is -2.42. The molecule has 1 amide bonds. The van der Waals surface area contributed by atoms with Gasteiger partial charge in [-0.3, -0.25) is 4.79 Å². The molecule has 9 heteroatoms. The van der Waals surface area contributed by atoms with Crippen molar-refractivity contribution >= 4 is 35.0 Å². The van der Waals surface area contributed by atoms with Gasteiger partial charge in [-0.15, -0.1) is 0 Å². The first-order valence-corrected chi connectivity index (χ1v) is 10.0. The topological polar surface area (TPSA) is 108 Å². The minimum atomic E-state index is -0.973. The van der Waals surface area contributed by atoms with Crippen molar-refractivity contribution in [2.45, 2.75) is 45.7 Å². The number of ether oxygens (including phenoxy) is 1. The van der Waals surface area contributed by atoms with E-state index in [-0.39, 0.29) is 23.6 Å². The van der Waals surface area contributed by atoms with Gasteiger partial charge < -0.3 is 25.0 Å². The van der Waals surface area contributed by atoms with Crippen molar-refractivity contribution in [3.8, 4) is 5.75 Å². The summed E-state index contributed by atoms with van der Waals surface area (Å²) in [6.45, 7) is 6.49. The summed E-state index contributed by atoms with van der Waals surface area (Å²) in [5.41, 5.74) is 2.20. The molecule has 0 aliphatic carbocycles. The number of carbonyl (C=O) groups excluding carboxylic acids is 1. The number of rotatable bonds is 5. The Bertz CT molecular complexity index is 1020. The number of carboxylic acid groups (broad SMARTS) is 1. The average molecular weight is 411 g/mol. The summed E-state index contributed by atoms with van der Waals surface area (Å²) in [5, 5.41) is 12.6. The lowest BCUT2D eigenvalue weighted by Crippen LogP contribution is -2.54. The van der Waals surface area contributed by atoms with Crippen LogP contribution >= 0.6 is 0 Å². The molecule has 0 fully saturated rings. The van der Waals surface area contributed by atoms with Crippen LogP contribution in [-0.4, -0.2) is 52.7 Å². The number of hydrogen-bond donors (Lipinski definition) is 2. The molecule has 0 unspecified atom stereocenters. The van der Waals surface area contributed by atoms with Crippen LogP contribution in [0.25, 0.3) is 0 Å². The summed E-state index contributed by atoms with van der Waals surface area (Å²) in [5.74, 6) is 0.627. The first-order valence-electron chi connectivity index (χ1n) is 10.0. The van der Waals surface area contributed by atoms with Crippen molar-refractivity contribution in [3.63, 3.8) is 0 Å². The second-order valence-electron chi connectivity index (χ2n) is 7.72. The van der Waals surface area contributed by atoms with Gasteiger partial charge in [-0.2, -0.15) is 4.98 Å². The molecule has 9 nitrogen and oxygen atoms in total. The number of nitrogens with zero attached hydrogens (tertiary/aromatic N) is 4. The van der Waals surface area contributed by atoms with E-state index in [1.807, 2.05) is 25.7 Å². The second kappa shape index (κ2) is 7.47. The Labute approximate surface area is 174 Å². The van der Waals surface area contributed by atoms with E-state index in [1.165, 1.54) is 0 Å². The quantitative estimate of drug-likeness (QED) is 0.773. The Morgan fingerprint density at radius 1 is 1.40 bits per heavy atom. The highest BCUT2D eigenvalue weighted by atomic mass is 16.5. The third-order valence-electron chi connectivity index (χ3n) is 5.59. The van der Waals surface area contributed by atoms with Crippen LogP contribution < -0.4 is 19.9 Å². The number of anilines is 4. The third-order valence-corrected chi connectivity index (χ3v) is 5.59. The number of carboxylic acids is 1. The molecule has 3 heterocycles. The Kier molecular flexibility index (Phi) is 4.97. The molecular weight excluding hydrogens is 386 g/mol. The molecule has 0 bridgehead atoms. The van der Waals surface area contributed by atoms with Crippen LogP contribution in [0.1, 0.15) is 43.1 Å².